The second-order valence-electron chi connectivity index (χ2n) is 5.16. The van der Waals surface area contributed by atoms with Crippen molar-refractivity contribution < 1.29 is 5.11 Å². The Morgan fingerprint density at radius 3 is 2.75 bits per heavy atom. The lowest BCUT2D eigenvalue weighted by molar-refractivity contribution is 0.0423. The van der Waals surface area contributed by atoms with Gasteiger partial charge in [-0.25, -0.2) is 0 Å². The third-order valence-electron chi connectivity index (χ3n) is 3.28. The van der Waals surface area contributed by atoms with Crippen LogP contribution in [0.5, 0.6) is 0 Å². The van der Waals surface area contributed by atoms with Crippen LogP contribution in [0.4, 0.5) is 0 Å². The first kappa shape index (κ1) is 11.6. The molecule has 2 heteroatoms. The highest BCUT2D eigenvalue weighted by molar-refractivity contribution is 5.16. The summed E-state index contributed by atoms with van der Waals surface area (Å²) in [6.45, 7) is 3.05. The molecule has 0 amide bonds. The summed E-state index contributed by atoms with van der Waals surface area (Å²) < 4.78 is 0. The molecular formula is C14H21NO. The molecule has 0 bridgehead atoms. The Balaban J connectivity index is 1.91. The molecule has 88 valence electrons. The third kappa shape index (κ3) is 3.32. The molecule has 1 aliphatic rings. The quantitative estimate of drug-likeness (QED) is 0.813. The zero-order chi connectivity index (χ0) is 11.4. The van der Waals surface area contributed by atoms with E-state index < -0.39 is 5.60 Å². The second-order valence-corrected chi connectivity index (χ2v) is 5.16. The summed E-state index contributed by atoms with van der Waals surface area (Å²) in [7, 11) is 0. The maximum Gasteiger partial charge on any atom is 0.0674 e. The number of benzene rings is 1. The Morgan fingerprint density at radius 1 is 1.38 bits per heavy atom. The smallest absolute Gasteiger partial charge is 0.0674 e. The number of hydrogen-bond acceptors (Lipinski definition) is 2. The van der Waals surface area contributed by atoms with Crippen LogP contribution in [0, 0.1) is 0 Å². The average Bonchev–Trinajstić information content (AvgIpc) is 2.70. The first-order chi connectivity index (χ1) is 7.66. The lowest BCUT2D eigenvalue weighted by Crippen LogP contribution is -2.36. The molecule has 0 saturated carbocycles. The number of aliphatic hydroxyl groups is 1. The number of nitrogens with one attached hydrogen (secondary N) is 1. The van der Waals surface area contributed by atoms with Crippen LogP contribution in [0.1, 0.15) is 31.7 Å². The molecule has 2 nitrogen and oxygen atoms in total. The summed E-state index contributed by atoms with van der Waals surface area (Å²) in [5.74, 6) is 0. The maximum absolute atomic E-state index is 10.4. The van der Waals surface area contributed by atoms with Crippen LogP contribution in [0.2, 0.25) is 0 Å². The summed E-state index contributed by atoms with van der Waals surface area (Å²) in [6.07, 6.45) is 4.03. The fourth-order valence-electron chi connectivity index (χ4n) is 2.57. The van der Waals surface area contributed by atoms with E-state index in [9.17, 15) is 5.11 Å². The molecule has 2 N–H and O–H groups in total. The van der Waals surface area contributed by atoms with Crippen LogP contribution in [0.3, 0.4) is 0 Å². The molecular weight excluding hydrogens is 198 g/mol. The predicted octanol–water partition coefficient (Wildman–Crippen LogP) is 2.12. The zero-order valence-electron chi connectivity index (χ0n) is 9.95. The largest absolute Gasteiger partial charge is 0.390 e. The van der Waals surface area contributed by atoms with Crippen LogP contribution in [-0.4, -0.2) is 23.3 Å². The summed E-state index contributed by atoms with van der Waals surface area (Å²) in [4.78, 5) is 0. The Bertz CT molecular complexity index is 315. The third-order valence-corrected chi connectivity index (χ3v) is 3.28. The van der Waals surface area contributed by atoms with Gasteiger partial charge in [0.25, 0.3) is 0 Å². The maximum atomic E-state index is 10.4. The van der Waals surface area contributed by atoms with E-state index >= 15 is 0 Å². The van der Waals surface area contributed by atoms with Crippen molar-refractivity contribution in [3.8, 4) is 0 Å². The van der Waals surface area contributed by atoms with Gasteiger partial charge in [0.1, 0.15) is 0 Å². The minimum atomic E-state index is -0.594. The van der Waals surface area contributed by atoms with Crippen molar-refractivity contribution in [2.45, 2.75) is 44.2 Å². The van der Waals surface area contributed by atoms with Gasteiger partial charge in [-0.15, -0.1) is 0 Å². The van der Waals surface area contributed by atoms with Gasteiger partial charge in [-0.2, -0.15) is 0 Å². The number of hydrogen-bond donors (Lipinski definition) is 2. The van der Waals surface area contributed by atoms with Crippen molar-refractivity contribution in [2.75, 3.05) is 6.54 Å². The lowest BCUT2D eigenvalue weighted by Gasteiger charge is -2.26. The number of rotatable bonds is 4. The van der Waals surface area contributed by atoms with Crippen LogP contribution in [-0.2, 0) is 6.42 Å². The highest BCUT2D eigenvalue weighted by atomic mass is 16.3. The molecule has 1 saturated heterocycles. The van der Waals surface area contributed by atoms with Crippen molar-refractivity contribution in [2.24, 2.45) is 0 Å². The summed E-state index contributed by atoms with van der Waals surface area (Å²) >= 11 is 0. The van der Waals surface area contributed by atoms with E-state index in [2.05, 4.69) is 17.4 Å². The van der Waals surface area contributed by atoms with E-state index in [1.54, 1.807) is 0 Å². The highest BCUT2D eigenvalue weighted by Gasteiger charge is 2.27. The fourth-order valence-corrected chi connectivity index (χ4v) is 2.57. The van der Waals surface area contributed by atoms with Crippen molar-refractivity contribution >= 4 is 0 Å². The van der Waals surface area contributed by atoms with Gasteiger partial charge in [-0.1, -0.05) is 30.3 Å². The van der Waals surface area contributed by atoms with E-state index in [1.165, 1.54) is 18.4 Å². The van der Waals surface area contributed by atoms with E-state index in [1.807, 2.05) is 25.1 Å². The van der Waals surface area contributed by atoms with Crippen molar-refractivity contribution in [1.29, 1.82) is 0 Å². The first-order valence-electron chi connectivity index (χ1n) is 6.15. The van der Waals surface area contributed by atoms with Crippen LogP contribution >= 0.6 is 0 Å². The van der Waals surface area contributed by atoms with Gasteiger partial charge in [0.15, 0.2) is 0 Å². The molecule has 0 radical (unpaired) electrons. The summed E-state index contributed by atoms with van der Waals surface area (Å²) in [6, 6.07) is 10.7. The van der Waals surface area contributed by atoms with E-state index in [-0.39, 0.29) is 0 Å². The molecule has 0 spiro atoms. The molecule has 0 aliphatic carbocycles. The minimum Gasteiger partial charge on any atom is -0.390 e. The van der Waals surface area contributed by atoms with Gasteiger partial charge in [0, 0.05) is 12.5 Å². The Morgan fingerprint density at radius 2 is 2.12 bits per heavy atom. The normalized spacial score (nSPS) is 24.2. The second kappa shape index (κ2) is 4.98. The first-order valence-corrected chi connectivity index (χ1v) is 6.15. The van der Waals surface area contributed by atoms with Crippen LogP contribution < -0.4 is 5.32 Å². The monoisotopic (exact) mass is 219 g/mol. The highest BCUT2D eigenvalue weighted by Crippen LogP contribution is 2.22. The average molecular weight is 219 g/mol. The molecule has 2 unspecified atom stereocenters. The topological polar surface area (TPSA) is 32.3 Å². The van der Waals surface area contributed by atoms with Gasteiger partial charge in [0.05, 0.1) is 5.60 Å². The molecule has 1 heterocycles. The predicted molar refractivity (Wildman–Crippen MR) is 66.4 cm³/mol. The van der Waals surface area contributed by atoms with E-state index in [0.29, 0.717) is 6.04 Å². The van der Waals surface area contributed by atoms with Gasteiger partial charge in [-0.3, -0.25) is 0 Å². The lowest BCUT2D eigenvalue weighted by atomic mass is 9.89. The zero-order valence-corrected chi connectivity index (χ0v) is 9.95. The van der Waals surface area contributed by atoms with Crippen LogP contribution in [0.25, 0.3) is 0 Å². The van der Waals surface area contributed by atoms with Gasteiger partial charge in [0.2, 0.25) is 0 Å². The molecule has 2 rings (SSSR count). The van der Waals surface area contributed by atoms with Crippen molar-refractivity contribution in [3.63, 3.8) is 0 Å². The van der Waals surface area contributed by atoms with Gasteiger partial charge in [-0.05, 0) is 38.3 Å². The standard InChI is InChI=1S/C14H21NO/c1-14(16,11-13-8-5-9-15-13)10-12-6-3-2-4-7-12/h2-4,6-7,13,15-16H,5,8-11H2,1H3. The Hall–Kier alpha value is -0.860. The molecule has 16 heavy (non-hydrogen) atoms. The molecule has 0 aromatic heterocycles. The molecule has 2 atom stereocenters. The van der Waals surface area contributed by atoms with Crippen molar-refractivity contribution in [3.05, 3.63) is 35.9 Å². The molecule has 1 fully saturated rings. The Kier molecular flexibility index (Phi) is 3.62. The van der Waals surface area contributed by atoms with Crippen molar-refractivity contribution in [1.82, 2.24) is 5.32 Å². The van der Waals surface area contributed by atoms with E-state index in [4.69, 9.17) is 0 Å². The van der Waals surface area contributed by atoms with Crippen LogP contribution in [0.15, 0.2) is 30.3 Å². The Labute approximate surface area is 97.7 Å². The molecule has 1 aliphatic heterocycles. The van der Waals surface area contributed by atoms with E-state index in [0.717, 1.165) is 19.4 Å². The SMILES string of the molecule is CC(O)(Cc1ccccc1)CC1CCCN1. The summed E-state index contributed by atoms with van der Waals surface area (Å²) in [5.41, 5.74) is 0.620. The molecule has 1 aromatic rings. The molecule has 1 aromatic carbocycles. The van der Waals surface area contributed by atoms with Gasteiger partial charge >= 0.3 is 0 Å². The fraction of sp³-hybridized carbons (Fsp3) is 0.571. The van der Waals surface area contributed by atoms with Gasteiger partial charge < -0.3 is 10.4 Å². The minimum absolute atomic E-state index is 0.499. The summed E-state index contributed by atoms with van der Waals surface area (Å²) in [5, 5.41) is 13.8.